The first-order valence-electron chi connectivity index (χ1n) is 10.3. The highest BCUT2D eigenvalue weighted by molar-refractivity contribution is 8.01. The highest BCUT2D eigenvalue weighted by Crippen LogP contribution is 2.29. The molecule has 1 aromatic carbocycles. The van der Waals surface area contributed by atoms with Crippen molar-refractivity contribution in [3.63, 3.8) is 0 Å². The average Bonchev–Trinajstić information content (AvgIpc) is 3.18. The molecule has 8 nitrogen and oxygen atoms in total. The van der Waals surface area contributed by atoms with Crippen LogP contribution in [0.3, 0.4) is 0 Å². The summed E-state index contributed by atoms with van der Waals surface area (Å²) in [5, 5.41) is 11.7. The number of benzene rings is 1. The van der Waals surface area contributed by atoms with Crippen molar-refractivity contribution in [3.8, 4) is 5.75 Å². The fourth-order valence-corrected chi connectivity index (χ4v) is 6.86. The number of carbonyl (C=O) groups excluding carboxylic acids is 1. The lowest BCUT2D eigenvalue weighted by Gasteiger charge is -2.26. The van der Waals surface area contributed by atoms with Crippen molar-refractivity contribution in [2.24, 2.45) is 0 Å². The minimum Gasteiger partial charge on any atom is -0.496 e. The smallest absolute Gasteiger partial charge is 0.243 e. The van der Waals surface area contributed by atoms with Gasteiger partial charge in [0.15, 0.2) is 4.34 Å². The van der Waals surface area contributed by atoms with Crippen LogP contribution in [0.25, 0.3) is 0 Å². The van der Waals surface area contributed by atoms with Crippen LogP contribution in [-0.2, 0) is 21.2 Å². The number of nitrogens with zero attached hydrogens (tertiary/aromatic N) is 3. The van der Waals surface area contributed by atoms with Crippen LogP contribution in [-0.4, -0.2) is 54.3 Å². The minimum atomic E-state index is -3.55. The zero-order chi connectivity index (χ0) is 22.4. The minimum absolute atomic E-state index is 0.176. The summed E-state index contributed by atoms with van der Waals surface area (Å²) in [6.07, 6.45) is 3.35. The first kappa shape index (κ1) is 24.0. The second kappa shape index (κ2) is 10.8. The quantitative estimate of drug-likeness (QED) is 0.427. The third-order valence-electron chi connectivity index (χ3n) is 4.82. The van der Waals surface area contributed by atoms with Gasteiger partial charge in [0, 0.05) is 24.8 Å². The normalized spacial score (nSPS) is 15.2. The summed E-state index contributed by atoms with van der Waals surface area (Å²) in [5.41, 5.74) is 0.684. The van der Waals surface area contributed by atoms with E-state index in [9.17, 15) is 13.2 Å². The van der Waals surface area contributed by atoms with Gasteiger partial charge in [-0.3, -0.25) is 4.79 Å². The zero-order valence-corrected chi connectivity index (χ0v) is 20.4. The molecule has 2 heterocycles. The predicted molar refractivity (Wildman–Crippen MR) is 123 cm³/mol. The lowest BCUT2D eigenvalue weighted by Crippen LogP contribution is -2.35. The van der Waals surface area contributed by atoms with Crippen LogP contribution in [0.2, 0.25) is 0 Å². The zero-order valence-electron chi connectivity index (χ0n) is 18.0. The molecular weight excluding hydrogens is 456 g/mol. The number of methoxy groups -OCH3 is 1. The van der Waals surface area contributed by atoms with E-state index in [0.29, 0.717) is 41.2 Å². The van der Waals surface area contributed by atoms with E-state index in [2.05, 4.69) is 29.4 Å². The van der Waals surface area contributed by atoms with E-state index >= 15 is 0 Å². The first-order valence-corrected chi connectivity index (χ1v) is 13.4. The summed E-state index contributed by atoms with van der Waals surface area (Å²) in [7, 11) is -2.01. The largest absolute Gasteiger partial charge is 0.496 e. The van der Waals surface area contributed by atoms with Crippen LogP contribution < -0.4 is 10.1 Å². The molecule has 0 saturated carbocycles. The van der Waals surface area contributed by atoms with Crippen molar-refractivity contribution in [2.45, 2.75) is 60.4 Å². The molecule has 0 spiro atoms. The van der Waals surface area contributed by atoms with E-state index in [0.717, 1.165) is 23.6 Å². The van der Waals surface area contributed by atoms with Crippen LogP contribution in [0, 0.1) is 0 Å². The van der Waals surface area contributed by atoms with E-state index in [1.54, 1.807) is 30.0 Å². The molecule has 0 atom stereocenters. The Bertz CT molecular complexity index is 1000. The van der Waals surface area contributed by atoms with Crippen LogP contribution in [0.15, 0.2) is 27.4 Å². The Hall–Kier alpha value is -1.69. The molecule has 1 aromatic heterocycles. The van der Waals surface area contributed by atoms with Crippen molar-refractivity contribution in [2.75, 3.05) is 25.5 Å². The van der Waals surface area contributed by atoms with Crippen LogP contribution >= 0.6 is 23.1 Å². The molecule has 1 saturated heterocycles. The van der Waals surface area contributed by atoms with E-state index in [1.807, 2.05) is 0 Å². The third-order valence-corrected chi connectivity index (χ3v) is 8.64. The molecule has 1 fully saturated rings. The number of anilines is 1. The number of rotatable bonds is 9. The third kappa shape index (κ3) is 6.41. The Balaban J connectivity index is 1.67. The fraction of sp³-hybridized carbons (Fsp3) is 0.550. The highest BCUT2D eigenvalue weighted by atomic mass is 32.2. The number of aryl methyl sites for hydroxylation is 1. The van der Waals surface area contributed by atoms with Crippen molar-refractivity contribution in [3.05, 3.63) is 23.8 Å². The maximum atomic E-state index is 13.0. The van der Waals surface area contributed by atoms with Crippen molar-refractivity contribution < 1.29 is 17.9 Å². The second-order valence-electron chi connectivity index (χ2n) is 7.53. The van der Waals surface area contributed by atoms with Gasteiger partial charge in [0.25, 0.3) is 0 Å². The van der Waals surface area contributed by atoms with Crippen molar-refractivity contribution in [1.29, 1.82) is 0 Å². The second-order valence-corrected chi connectivity index (χ2v) is 12.3. The molecule has 1 amide bonds. The molecule has 1 N–H and O–H groups in total. The fourth-order valence-electron chi connectivity index (χ4n) is 3.30. The molecule has 0 bridgehead atoms. The van der Waals surface area contributed by atoms with Gasteiger partial charge in [0.2, 0.25) is 21.1 Å². The number of amides is 1. The van der Waals surface area contributed by atoms with Gasteiger partial charge in [-0.25, -0.2) is 8.42 Å². The number of carbonyl (C=O) groups is 1. The standard InChI is InChI=1S/C20H28N4O4S3/c1-14(2)29-20-23-22-19(30-20)21-18(25)10-7-15-13-16(8-9-17(15)28-3)31(26,27)24-11-5-4-6-12-24/h8-9,13-14H,4-7,10-12H2,1-3H3,(H,21,22,25). The summed E-state index contributed by atoms with van der Waals surface area (Å²) in [6, 6.07) is 4.85. The molecule has 2 aromatic rings. The number of nitrogens with one attached hydrogen (secondary N) is 1. The Morgan fingerprint density at radius 3 is 2.68 bits per heavy atom. The number of aromatic nitrogens is 2. The Kier molecular flexibility index (Phi) is 8.31. The summed E-state index contributed by atoms with van der Waals surface area (Å²) in [5.74, 6) is 0.362. The van der Waals surface area contributed by atoms with Crippen LogP contribution in [0.1, 0.15) is 45.1 Å². The molecular formula is C20H28N4O4S3. The van der Waals surface area contributed by atoms with E-state index in [-0.39, 0.29) is 17.2 Å². The van der Waals surface area contributed by atoms with Crippen molar-refractivity contribution in [1.82, 2.24) is 14.5 Å². The predicted octanol–water partition coefficient (Wildman–Crippen LogP) is 3.79. The Morgan fingerprint density at radius 1 is 1.26 bits per heavy atom. The molecule has 0 unspecified atom stereocenters. The Morgan fingerprint density at radius 2 is 2.00 bits per heavy atom. The monoisotopic (exact) mass is 484 g/mol. The van der Waals surface area contributed by atoms with Gasteiger partial charge in [0.05, 0.1) is 12.0 Å². The highest BCUT2D eigenvalue weighted by Gasteiger charge is 2.26. The molecule has 11 heteroatoms. The van der Waals surface area contributed by atoms with Gasteiger partial charge < -0.3 is 10.1 Å². The summed E-state index contributed by atoms with van der Waals surface area (Å²) in [6.45, 7) is 5.23. The summed E-state index contributed by atoms with van der Waals surface area (Å²) >= 11 is 2.93. The Labute approximate surface area is 191 Å². The molecule has 0 radical (unpaired) electrons. The number of thioether (sulfide) groups is 1. The molecule has 170 valence electrons. The molecule has 3 rings (SSSR count). The number of hydrogen-bond donors (Lipinski definition) is 1. The SMILES string of the molecule is COc1ccc(S(=O)(=O)N2CCCCC2)cc1CCC(=O)Nc1nnc(SC(C)C)s1. The van der Waals surface area contributed by atoms with Gasteiger partial charge in [-0.15, -0.1) is 10.2 Å². The molecule has 1 aliphatic heterocycles. The van der Waals surface area contributed by atoms with Gasteiger partial charge in [-0.05, 0) is 43.0 Å². The lowest BCUT2D eigenvalue weighted by molar-refractivity contribution is -0.116. The maximum absolute atomic E-state index is 13.0. The number of ether oxygens (including phenoxy) is 1. The van der Waals surface area contributed by atoms with Crippen LogP contribution in [0.5, 0.6) is 5.75 Å². The van der Waals surface area contributed by atoms with E-state index in [4.69, 9.17) is 4.74 Å². The summed E-state index contributed by atoms with van der Waals surface area (Å²) < 4.78 is 33.7. The summed E-state index contributed by atoms with van der Waals surface area (Å²) in [4.78, 5) is 12.6. The molecule has 31 heavy (non-hydrogen) atoms. The van der Waals surface area contributed by atoms with Gasteiger partial charge in [-0.1, -0.05) is 43.4 Å². The van der Waals surface area contributed by atoms with E-state index in [1.165, 1.54) is 22.8 Å². The van der Waals surface area contributed by atoms with E-state index < -0.39 is 10.0 Å². The number of sulfonamides is 1. The van der Waals surface area contributed by atoms with Gasteiger partial charge in [-0.2, -0.15) is 4.31 Å². The average molecular weight is 485 g/mol. The van der Waals surface area contributed by atoms with Gasteiger partial charge in [0.1, 0.15) is 5.75 Å². The lowest BCUT2D eigenvalue weighted by atomic mass is 10.1. The van der Waals surface area contributed by atoms with Gasteiger partial charge >= 0.3 is 0 Å². The maximum Gasteiger partial charge on any atom is 0.243 e. The van der Waals surface area contributed by atoms with Crippen molar-refractivity contribution >= 4 is 44.2 Å². The van der Waals surface area contributed by atoms with Crippen LogP contribution in [0.4, 0.5) is 5.13 Å². The topological polar surface area (TPSA) is 101 Å². The first-order chi connectivity index (χ1) is 14.8. The number of hydrogen-bond acceptors (Lipinski definition) is 8. The molecule has 1 aliphatic rings. The number of piperidine rings is 1. The molecule has 0 aliphatic carbocycles.